The average molecular weight is 527 g/mol. The summed E-state index contributed by atoms with van der Waals surface area (Å²) in [6, 6.07) is 12.3. The highest BCUT2D eigenvalue weighted by atomic mass is 35.5. The summed E-state index contributed by atoms with van der Waals surface area (Å²) in [6.45, 7) is 0.168. The predicted octanol–water partition coefficient (Wildman–Crippen LogP) is 4.08. The molecule has 1 N–H and O–H groups in total. The topological polar surface area (TPSA) is 83.6 Å². The molecule has 0 bridgehead atoms. The van der Waals surface area contributed by atoms with Crippen molar-refractivity contribution in [2.45, 2.75) is 35.7 Å². The Morgan fingerprint density at radius 1 is 1.14 bits per heavy atom. The van der Waals surface area contributed by atoms with Gasteiger partial charge >= 0.3 is 6.18 Å². The smallest absolute Gasteiger partial charge is 0.351 e. The lowest BCUT2D eigenvalue weighted by atomic mass is 9.84. The number of rotatable bonds is 3. The van der Waals surface area contributed by atoms with Crippen molar-refractivity contribution in [3.63, 3.8) is 0 Å². The zero-order valence-electron chi connectivity index (χ0n) is 18.1. The van der Waals surface area contributed by atoms with E-state index in [-0.39, 0.29) is 13.1 Å². The highest BCUT2D eigenvalue weighted by Crippen LogP contribution is 2.51. The summed E-state index contributed by atoms with van der Waals surface area (Å²) < 4.78 is 73.2. The maximum Gasteiger partial charge on any atom is 0.417 e. The van der Waals surface area contributed by atoms with Crippen molar-refractivity contribution in [2.24, 2.45) is 0 Å². The first kappa shape index (κ1) is 24.0. The number of benzene rings is 1. The van der Waals surface area contributed by atoms with Crippen molar-refractivity contribution in [3.05, 3.63) is 88.3 Å². The standard InChI is InChI=1S/C23H20ClF3N3O4S/c24-16-7-10-30(31)19(13-16)21-17-3-1-2-4-18(17)22(34-21)8-11-29(12-9-22)35(32,33)20-6-5-15(14-28-20)23(25,26)27/h1-7,10,13-14,21,31H,8-9,11-12H2/q+1. The van der Waals surface area contributed by atoms with Crippen LogP contribution >= 0.6 is 11.6 Å². The Morgan fingerprint density at radius 3 is 2.51 bits per heavy atom. The maximum absolute atomic E-state index is 13.1. The van der Waals surface area contributed by atoms with Crippen LogP contribution in [0.3, 0.4) is 0 Å². The molecule has 5 rings (SSSR count). The van der Waals surface area contributed by atoms with Crippen molar-refractivity contribution >= 4 is 21.6 Å². The Kier molecular flexibility index (Phi) is 5.78. The fourth-order valence-electron chi connectivity index (χ4n) is 4.70. The second kappa shape index (κ2) is 8.44. The lowest BCUT2D eigenvalue weighted by Gasteiger charge is -2.38. The summed E-state index contributed by atoms with van der Waals surface area (Å²) >= 11 is 6.14. The van der Waals surface area contributed by atoms with Crippen LogP contribution in [-0.4, -0.2) is 36.0 Å². The molecule has 2 aliphatic rings. The summed E-state index contributed by atoms with van der Waals surface area (Å²) in [4.78, 5) is 3.56. The third-order valence-corrected chi connectivity index (χ3v) is 8.52. The molecule has 1 saturated heterocycles. The molecule has 7 nitrogen and oxygen atoms in total. The Hall–Kier alpha value is -2.73. The highest BCUT2D eigenvalue weighted by Gasteiger charge is 2.51. The van der Waals surface area contributed by atoms with Gasteiger partial charge in [0.2, 0.25) is 6.20 Å². The zero-order chi connectivity index (χ0) is 25.0. The number of pyridine rings is 2. The normalized spacial score (nSPS) is 20.2. The van der Waals surface area contributed by atoms with Gasteiger partial charge in [0.05, 0.1) is 16.2 Å². The van der Waals surface area contributed by atoms with E-state index >= 15 is 0 Å². The second-order valence-corrected chi connectivity index (χ2v) is 10.8. The van der Waals surface area contributed by atoms with Gasteiger partial charge in [0, 0.05) is 36.1 Å². The second-order valence-electron chi connectivity index (χ2n) is 8.48. The van der Waals surface area contributed by atoms with Crippen LogP contribution in [0.2, 0.25) is 5.02 Å². The minimum absolute atomic E-state index is 0.0841. The van der Waals surface area contributed by atoms with Crippen LogP contribution in [0.15, 0.2) is 66.0 Å². The third kappa shape index (κ3) is 4.16. The number of hydrogen-bond donors (Lipinski definition) is 1. The van der Waals surface area contributed by atoms with Crippen LogP contribution in [-0.2, 0) is 26.5 Å². The summed E-state index contributed by atoms with van der Waals surface area (Å²) in [5.74, 6) is 0. The molecule has 0 aliphatic carbocycles. The molecule has 12 heteroatoms. The minimum atomic E-state index is -4.60. The van der Waals surface area contributed by atoms with Crippen LogP contribution in [0, 0.1) is 0 Å². The van der Waals surface area contributed by atoms with Gasteiger partial charge in [-0.15, -0.1) is 0 Å². The van der Waals surface area contributed by atoms with Crippen molar-refractivity contribution in [1.82, 2.24) is 9.29 Å². The van der Waals surface area contributed by atoms with Gasteiger partial charge in [-0.25, -0.2) is 13.4 Å². The Morgan fingerprint density at radius 2 is 1.86 bits per heavy atom. The molecule has 0 saturated carbocycles. The van der Waals surface area contributed by atoms with Gasteiger partial charge in [-0.3, -0.25) is 5.21 Å². The van der Waals surface area contributed by atoms with Crippen molar-refractivity contribution < 1.29 is 36.3 Å². The molecule has 1 unspecified atom stereocenters. The van der Waals surface area contributed by atoms with Gasteiger partial charge in [0.15, 0.2) is 11.1 Å². The van der Waals surface area contributed by atoms with Crippen LogP contribution in [0.1, 0.15) is 41.3 Å². The molecule has 4 heterocycles. The molecular weight excluding hydrogens is 507 g/mol. The number of ether oxygens (including phenoxy) is 1. The van der Waals surface area contributed by atoms with E-state index in [0.29, 0.717) is 35.8 Å². The minimum Gasteiger partial charge on any atom is -0.351 e. The van der Waals surface area contributed by atoms with E-state index in [2.05, 4.69) is 4.98 Å². The molecule has 2 aromatic heterocycles. The fraction of sp³-hybridized carbons (Fsp3) is 0.304. The van der Waals surface area contributed by atoms with Gasteiger partial charge in [-0.1, -0.05) is 35.9 Å². The highest BCUT2D eigenvalue weighted by molar-refractivity contribution is 7.89. The average Bonchev–Trinajstić information content (AvgIpc) is 3.14. The summed E-state index contributed by atoms with van der Waals surface area (Å²) in [7, 11) is -4.09. The molecule has 1 spiro atoms. The van der Waals surface area contributed by atoms with Crippen LogP contribution < -0.4 is 4.73 Å². The van der Waals surface area contributed by atoms with E-state index in [4.69, 9.17) is 16.3 Å². The van der Waals surface area contributed by atoms with E-state index in [1.54, 1.807) is 12.1 Å². The number of alkyl halides is 3. The monoisotopic (exact) mass is 526 g/mol. The van der Waals surface area contributed by atoms with Gasteiger partial charge < -0.3 is 4.74 Å². The first-order valence-corrected chi connectivity index (χ1v) is 12.5. The van der Waals surface area contributed by atoms with Crippen molar-refractivity contribution in [3.8, 4) is 0 Å². The first-order valence-electron chi connectivity index (χ1n) is 10.7. The van der Waals surface area contributed by atoms with Crippen LogP contribution in [0.4, 0.5) is 13.2 Å². The van der Waals surface area contributed by atoms with Crippen LogP contribution in [0.25, 0.3) is 0 Å². The Labute approximate surface area is 204 Å². The Balaban J connectivity index is 1.41. The zero-order valence-corrected chi connectivity index (χ0v) is 19.7. The van der Waals surface area contributed by atoms with Crippen molar-refractivity contribution in [2.75, 3.05) is 13.1 Å². The van der Waals surface area contributed by atoms with Crippen LogP contribution in [0.5, 0.6) is 0 Å². The van der Waals surface area contributed by atoms with E-state index in [0.717, 1.165) is 21.9 Å². The quantitative estimate of drug-likeness (QED) is 0.411. The molecule has 1 aromatic carbocycles. The Bertz CT molecular complexity index is 1380. The summed E-state index contributed by atoms with van der Waals surface area (Å²) in [6.07, 6.45) is -2.66. The molecular formula is C23H20ClF3N3O4S+. The molecule has 184 valence electrons. The largest absolute Gasteiger partial charge is 0.417 e. The number of nitrogens with zero attached hydrogens (tertiary/aromatic N) is 3. The SMILES string of the molecule is O=S(=O)(c1ccc(C(F)(F)F)cn1)N1CCC2(CC1)OC(c1cc(Cl)cc[n+]1O)c1ccccc12. The number of fused-ring (bicyclic) bond motifs is 2. The molecule has 1 atom stereocenters. The molecule has 2 aliphatic heterocycles. The molecule has 3 aromatic rings. The lowest BCUT2D eigenvalue weighted by molar-refractivity contribution is -0.911. The molecule has 1 fully saturated rings. The van der Waals surface area contributed by atoms with Gasteiger partial charge in [-0.2, -0.15) is 17.5 Å². The number of sulfonamides is 1. The van der Waals surface area contributed by atoms with Gasteiger partial charge in [0.1, 0.15) is 0 Å². The number of hydrogen-bond acceptors (Lipinski definition) is 5. The van der Waals surface area contributed by atoms with Gasteiger partial charge in [0.25, 0.3) is 15.7 Å². The number of aromatic nitrogens is 2. The van der Waals surface area contributed by atoms with E-state index in [1.807, 2.05) is 24.3 Å². The maximum atomic E-state index is 13.1. The molecule has 35 heavy (non-hydrogen) atoms. The van der Waals surface area contributed by atoms with E-state index in [1.165, 1.54) is 10.5 Å². The number of halogens is 4. The number of piperidine rings is 1. The van der Waals surface area contributed by atoms with E-state index < -0.39 is 38.5 Å². The first-order chi connectivity index (χ1) is 16.5. The lowest BCUT2D eigenvalue weighted by Crippen LogP contribution is -2.45. The summed E-state index contributed by atoms with van der Waals surface area (Å²) in [5, 5.41) is 10.4. The third-order valence-electron chi connectivity index (χ3n) is 6.47. The van der Waals surface area contributed by atoms with Gasteiger partial charge in [-0.05, 0) is 36.1 Å². The summed E-state index contributed by atoms with van der Waals surface area (Å²) in [5.41, 5.74) is 0.368. The molecule has 0 radical (unpaired) electrons. The molecule has 0 amide bonds. The van der Waals surface area contributed by atoms with Crippen molar-refractivity contribution in [1.29, 1.82) is 0 Å². The predicted molar refractivity (Wildman–Crippen MR) is 117 cm³/mol. The van der Waals surface area contributed by atoms with E-state index in [9.17, 15) is 26.8 Å². The fourth-order valence-corrected chi connectivity index (χ4v) is 6.22.